The molecule has 0 spiro atoms. The van der Waals surface area contributed by atoms with Crippen LogP contribution in [-0.4, -0.2) is 14.9 Å². The molecule has 0 radical (unpaired) electrons. The molecule has 0 aliphatic rings. The van der Waals surface area contributed by atoms with Crippen molar-refractivity contribution in [2.75, 3.05) is 6.61 Å². The van der Waals surface area contributed by atoms with Crippen LogP contribution in [0.5, 0.6) is 0 Å². The van der Waals surface area contributed by atoms with Crippen LogP contribution in [0.3, 0.4) is 0 Å². The molecule has 0 saturated heterocycles. The highest BCUT2D eigenvalue weighted by atomic mass is 28.4. The monoisotopic (exact) mass is 282 g/mol. The molecule has 0 aromatic heterocycles. The predicted molar refractivity (Wildman–Crippen MR) is 87.9 cm³/mol. The van der Waals surface area contributed by atoms with Gasteiger partial charge in [0.1, 0.15) is 0 Å². The van der Waals surface area contributed by atoms with Gasteiger partial charge in [0.2, 0.25) is 8.32 Å². The van der Waals surface area contributed by atoms with Gasteiger partial charge in [0.25, 0.3) is 0 Å². The van der Waals surface area contributed by atoms with E-state index in [2.05, 4.69) is 79.9 Å². The lowest BCUT2D eigenvalue weighted by Gasteiger charge is -2.28. The van der Waals surface area contributed by atoms with Crippen molar-refractivity contribution >= 4 is 8.32 Å². The van der Waals surface area contributed by atoms with E-state index in [0.717, 1.165) is 18.7 Å². The molecule has 2 aromatic carbocycles. The van der Waals surface area contributed by atoms with Gasteiger partial charge in [-0.1, -0.05) is 66.4 Å². The normalized spacial score (nSPS) is 11.2. The Hall–Kier alpha value is -1.64. The highest BCUT2D eigenvalue weighted by Gasteiger charge is 2.31. The molecule has 0 saturated carbocycles. The maximum atomic E-state index is 6.21. The molecule has 0 atom stereocenters. The molecular weight excluding hydrogens is 260 g/mol. The number of hydrogen-bond acceptors (Lipinski definition) is 1. The summed E-state index contributed by atoms with van der Waals surface area (Å²) in [7, 11) is -1.99. The molecule has 20 heavy (non-hydrogen) atoms. The Bertz CT molecular complexity index is 480. The van der Waals surface area contributed by atoms with Crippen molar-refractivity contribution in [3.63, 3.8) is 0 Å². The summed E-state index contributed by atoms with van der Waals surface area (Å²) in [5, 5.41) is 0. The summed E-state index contributed by atoms with van der Waals surface area (Å²) < 4.78 is 6.21. The van der Waals surface area contributed by atoms with Crippen molar-refractivity contribution < 1.29 is 4.43 Å². The van der Waals surface area contributed by atoms with E-state index in [9.17, 15) is 0 Å². The first-order valence-corrected chi connectivity index (χ1v) is 9.53. The molecule has 104 valence electrons. The molecule has 2 rings (SSSR count). The first-order valence-electron chi connectivity index (χ1n) is 7.13. The van der Waals surface area contributed by atoms with E-state index in [1.54, 1.807) is 0 Å². The van der Waals surface area contributed by atoms with Crippen LogP contribution < -0.4 is 0 Å². The summed E-state index contributed by atoms with van der Waals surface area (Å²) >= 11 is 0. The van der Waals surface area contributed by atoms with Gasteiger partial charge in [-0.15, -0.1) is 6.58 Å². The minimum atomic E-state index is -1.99. The van der Waals surface area contributed by atoms with Crippen molar-refractivity contribution in [2.45, 2.75) is 19.0 Å². The van der Waals surface area contributed by atoms with Crippen LogP contribution in [0.1, 0.15) is 18.1 Å². The quantitative estimate of drug-likeness (QED) is 0.690. The fourth-order valence-corrected chi connectivity index (χ4v) is 5.70. The second-order valence-electron chi connectivity index (χ2n) is 5.03. The first kappa shape index (κ1) is 14.8. The Kier molecular flexibility index (Phi) is 5.33. The molecule has 2 aromatic rings. The van der Waals surface area contributed by atoms with Gasteiger partial charge in [0.05, 0.1) is 0 Å². The number of rotatable bonds is 7. The smallest absolute Gasteiger partial charge is 0.225 e. The maximum absolute atomic E-state index is 6.21. The minimum Gasteiger partial charge on any atom is -0.413 e. The molecule has 0 aliphatic carbocycles. The van der Waals surface area contributed by atoms with Gasteiger partial charge >= 0.3 is 0 Å². The highest BCUT2D eigenvalue weighted by molar-refractivity contribution is 6.77. The summed E-state index contributed by atoms with van der Waals surface area (Å²) in [5.74, 6) is 0. The Balaban J connectivity index is 2.23. The van der Waals surface area contributed by atoms with E-state index in [-0.39, 0.29) is 0 Å². The summed E-state index contributed by atoms with van der Waals surface area (Å²) in [5.41, 5.74) is 4.77. The number of benzene rings is 2. The molecule has 0 fully saturated rings. The third kappa shape index (κ3) is 3.92. The van der Waals surface area contributed by atoms with Crippen LogP contribution in [0.2, 0.25) is 0 Å². The first-order chi connectivity index (χ1) is 9.78. The topological polar surface area (TPSA) is 9.23 Å². The van der Waals surface area contributed by atoms with Crippen LogP contribution in [0, 0.1) is 0 Å². The van der Waals surface area contributed by atoms with Gasteiger partial charge in [0.15, 0.2) is 0 Å². The van der Waals surface area contributed by atoms with Crippen molar-refractivity contribution in [2.24, 2.45) is 0 Å². The lowest BCUT2D eigenvalue weighted by Crippen LogP contribution is -2.42. The molecule has 2 heteroatoms. The molecule has 0 unspecified atom stereocenters. The second-order valence-corrected chi connectivity index (χ2v) is 8.56. The molecule has 0 heterocycles. The average Bonchev–Trinajstić information content (AvgIpc) is 2.49. The molecule has 0 N–H and O–H groups in total. The van der Waals surface area contributed by atoms with Gasteiger partial charge in [0, 0.05) is 6.61 Å². The third-order valence-electron chi connectivity index (χ3n) is 3.50. The van der Waals surface area contributed by atoms with Gasteiger partial charge in [-0.25, -0.2) is 0 Å². The van der Waals surface area contributed by atoms with Crippen LogP contribution >= 0.6 is 0 Å². The van der Waals surface area contributed by atoms with Gasteiger partial charge in [-0.3, -0.25) is 0 Å². The summed E-state index contributed by atoms with van der Waals surface area (Å²) in [4.78, 5) is 0. The second kappa shape index (κ2) is 7.22. The average molecular weight is 282 g/mol. The summed E-state index contributed by atoms with van der Waals surface area (Å²) in [6.45, 7) is 6.90. The van der Waals surface area contributed by atoms with Crippen LogP contribution in [0.15, 0.2) is 72.9 Å². The summed E-state index contributed by atoms with van der Waals surface area (Å²) in [6, 6.07) is 23.1. The maximum Gasteiger partial charge on any atom is 0.225 e. The minimum absolute atomic E-state index is 0.748. The van der Waals surface area contributed by atoms with Crippen LogP contribution in [0.25, 0.3) is 0 Å². The predicted octanol–water partition coefficient (Wildman–Crippen LogP) is 4.26. The molecule has 0 aliphatic heterocycles. The Morgan fingerprint density at radius 1 is 0.900 bits per heavy atom. The fourth-order valence-electron chi connectivity index (χ4n) is 2.54. The molecule has 0 amide bonds. The Morgan fingerprint density at radius 3 is 1.70 bits per heavy atom. The van der Waals surface area contributed by atoms with Crippen molar-refractivity contribution in [1.29, 1.82) is 0 Å². The zero-order chi connectivity index (χ0) is 14.3. The van der Waals surface area contributed by atoms with Crippen molar-refractivity contribution in [1.82, 2.24) is 0 Å². The van der Waals surface area contributed by atoms with E-state index in [1.807, 2.05) is 0 Å². The van der Waals surface area contributed by atoms with E-state index in [1.165, 1.54) is 11.1 Å². The Labute approximate surface area is 123 Å². The van der Waals surface area contributed by atoms with Gasteiger partial charge in [-0.05, 0) is 30.1 Å². The van der Waals surface area contributed by atoms with E-state index in [4.69, 9.17) is 4.43 Å². The molecule has 0 bridgehead atoms. The van der Waals surface area contributed by atoms with Crippen molar-refractivity contribution in [3.05, 3.63) is 84.1 Å². The summed E-state index contributed by atoms with van der Waals surface area (Å²) in [6.07, 6.45) is 0. The fraction of sp³-hybridized carbons (Fsp3) is 0.222. The zero-order valence-electron chi connectivity index (χ0n) is 12.1. The molecule has 1 nitrogen and oxygen atoms in total. The largest absolute Gasteiger partial charge is 0.413 e. The highest BCUT2D eigenvalue weighted by Crippen LogP contribution is 2.20. The van der Waals surface area contributed by atoms with Crippen LogP contribution in [0.4, 0.5) is 0 Å². The van der Waals surface area contributed by atoms with Crippen molar-refractivity contribution in [3.8, 4) is 0 Å². The van der Waals surface area contributed by atoms with Crippen LogP contribution in [-0.2, 0) is 16.5 Å². The molecular formula is C18H22OSi. The SMILES string of the molecule is C=C[Si](Cc1ccccc1)(Cc1ccccc1)OCC. The zero-order valence-corrected chi connectivity index (χ0v) is 13.1. The lowest BCUT2D eigenvalue weighted by atomic mass is 10.2. The standard InChI is InChI=1S/C18H22OSi/c1-3-19-20(4-2,15-17-11-7-5-8-12-17)16-18-13-9-6-10-14-18/h4-14H,2-3,15-16H2,1H3. The third-order valence-corrected chi connectivity index (χ3v) is 7.12. The number of hydrogen-bond donors (Lipinski definition) is 0. The van der Waals surface area contributed by atoms with E-state index in [0.29, 0.717) is 0 Å². The van der Waals surface area contributed by atoms with E-state index >= 15 is 0 Å². The van der Waals surface area contributed by atoms with Gasteiger partial charge < -0.3 is 4.43 Å². The van der Waals surface area contributed by atoms with E-state index < -0.39 is 8.32 Å². The van der Waals surface area contributed by atoms with Gasteiger partial charge in [-0.2, -0.15) is 0 Å². The Morgan fingerprint density at radius 2 is 1.35 bits per heavy atom. The lowest BCUT2D eigenvalue weighted by molar-refractivity contribution is 0.327.